The summed E-state index contributed by atoms with van der Waals surface area (Å²) in [5.74, 6) is -0.0590. The molecule has 0 radical (unpaired) electrons. The molecule has 0 aliphatic rings. The largest absolute Gasteiger partial charge is 0.486 e. The quantitative estimate of drug-likeness (QED) is 0.811. The highest BCUT2D eigenvalue weighted by Gasteiger charge is 2.33. The summed E-state index contributed by atoms with van der Waals surface area (Å²) in [7, 11) is 1.30. The normalized spacial score (nSPS) is 11.8. The van der Waals surface area contributed by atoms with Crippen LogP contribution in [0.1, 0.15) is 36.9 Å². The van der Waals surface area contributed by atoms with Crippen LogP contribution in [0.25, 0.3) is 0 Å². The van der Waals surface area contributed by atoms with E-state index >= 15 is 0 Å². The molecule has 0 aliphatic heterocycles. The highest BCUT2D eigenvalue weighted by molar-refractivity contribution is 7.19. The number of nitrogen functional groups attached to an aromatic ring is 1. The van der Waals surface area contributed by atoms with Crippen molar-refractivity contribution < 1.29 is 22.7 Å². The van der Waals surface area contributed by atoms with E-state index in [-0.39, 0.29) is 39.6 Å². The number of Topliss-reactive ketones (excluding diaryl/α,β-unsaturated/α-hetero) is 1. The molecule has 0 bridgehead atoms. The molecule has 120 valence electrons. The second-order valence-electron chi connectivity index (χ2n) is 4.89. The molecular formula is C13H19F3N2O2S. The van der Waals surface area contributed by atoms with Gasteiger partial charge in [-0.3, -0.25) is 4.79 Å². The topological polar surface area (TPSA) is 55.6 Å². The van der Waals surface area contributed by atoms with Crippen LogP contribution < -0.4 is 15.4 Å². The van der Waals surface area contributed by atoms with Crippen molar-refractivity contribution in [2.45, 2.75) is 39.5 Å². The Morgan fingerprint density at radius 2 is 2.00 bits per heavy atom. The Kier molecular flexibility index (Phi) is 5.49. The van der Waals surface area contributed by atoms with E-state index in [9.17, 15) is 18.0 Å². The number of hydrogen-bond acceptors (Lipinski definition) is 5. The molecule has 0 fully saturated rings. The fraction of sp³-hybridized carbons (Fsp3) is 0.615. The fourth-order valence-electron chi connectivity index (χ4n) is 1.73. The van der Waals surface area contributed by atoms with E-state index in [1.807, 2.05) is 0 Å². The van der Waals surface area contributed by atoms with Gasteiger partial charge in [0.1, 0.15) is 11.5 Å². The Morgan fingerprint density at radius 3 is 2.43 bits per heavy atom. The molecule has 4 nitrogen and oxygen atoms in total. The van der Waals surface area contributed by atoms with Crippen LogP contribution in [0.3, 0.4) is 0 Å². The van der Waals surface area contributed by atoms with Crippen LogP contribution in [0.4, 0.5) is 23.9 Å². The molecule has 0 spiro atoms. The van der Waals surface area contributed by atoms with E-state index in [4.69, 9.17) is 10.5 Å². The monoisotopic (exact) mass is 324 g/mol. The Morgan fingerprint density at radius 1 is 1.43 bits per heavy atom. The second-order valence-corrected chi connectivity index (χ2v) is 5.89. The number of nitrogens with two attached hydrogens (primary N) is 1. The van der Waals surface area contributed by atoms with Gasteiger partial charge in [0.2, 0.25) is 0 Å². The summed E-state index contributed by atoms with van der Waals surface area (Å²) in [4.78, 5) is 13.1. The van der Waals surface area contributed by atoms with Crippen molar-refractivity contribution >= 4 is 27.8 Å². The Balaban J connectivity index is 3.25. The van der Waals surface area contributed by atoms with E-state index in [0.29, 0.717) is 0 Å². The van der Waals surface area contributed by atoms with Gasteiger partial charge in [0.15, 0.2) is 11.5 Å². The van der Waals surface area contributed by atoms with Crippen molar-refractivity contribution in [3.05, 3.63) is 4.88 Å². The highest BCUT2D eigenvalue weighted by Crippen LogP contribution is 2.46. The van der Waals surface area contributed by atoms with E-state index in [1.54, 1.807) is 20.8 Å². The molecule has 1 aromatic rings. The first-order valence-electron chi connectivity index (χ1n) is 6.46. The van der Waals surface area contributed by atoms with Gasteiger partial charge in [-0.2, -0.15) is 13.2 Å². The number of anilines is 2. The van der Waals surface area contributed by atoms with Crippen molar-refractivity contribution in [3.8, 4) is 5.75 Å². The number of alkyl halides is 3. The lowest BCUT2D eigenvalue weighted by Crippen LogP contribution is -2.30. The lowest BCUT2D eigenvalue weighted by Gasteiger charge is -2.21. The van der Waals surface area contributed by atoms with Crippen LogP contribution in [0, 0.1) is 0 Å². The zero-order valence-corrected chi connectivity index (χ0v) is 13.2. The SMILES string of the molecule is CCC(=O)c1sc(N(C)CC(F)(F)F)c(OC(C)C)c1N. The zero-order valence-electron chi connectivity index (χ0n) is 12.4. The standard InChI is InChI=1S/C13H19F3N2O2S/c1-5-8(19)11-9(17)10(20-7(2)3)12(21-11)18(4)6-13(14,15)16/h7H,5-6,17H2,1-4H3. The molecule has 21 heavy (non-hydrogen) atoms. The van der Waals surface area contributed by atoms with E-state index in [1.165, 1.54) is 7.05 Å². The number of ketones is 1. The van der Waals surface area contributed by atoms with Gasteiger partial charge in [0.25, 0.3) is 0 Å². The molecule has 8 heteroatoms. The molecule has 1 heterocycles. The molecular weight excluding hydrogens is 305 g/mol. The third-order valence-electron chi connectivity index (χ3n) is 2.57. The molecule has 0 saturated carbocycles. The summed E-state index contributed by atoms with van der Waals surface area (Å²) in [6.45, 7) is 4.02. The number of ether oxygens (including phenoxy) is 1. The maximum Gasteiger partial charge on any atom is 0.405 e. The van der Waals surface area contributed by atoms with Crippen molar-refractivity contribution in [1.82, 2.24) is 0 Å². The number of rotatable bonds is 6. The van der Waals surface area contributed by atoms with E-state index in [2.05, 4.69) is 0 Å². The van der Waals surface area contributed by atoms with Crippen molar-refractivity contribution in [2.75, 3.05) is 24.2 Å². The van der Waals surface area contributed by atoms with Gasteiger partial charge in [-0.1, -0.05) is 6.92 Å². The lowest BCUT2D eigenvalue weighted by atomic mass is 10.2. The predicted octanol–water partition coefficient (Wildman–Crippen LogP) is 3.71. The Bertz CT molecular complexity index is 512. The van der Waals surface area contributed by atoms with Crippen LogP contribution in [-0.2, 0) is 0 Å². The molecule has 1 rings (SSSR count). The lowest BCUT2D eigenvalue weighted by molar-refractivity contribution is -0.119. The first-order chi connectivity index (χ1) is 9.56. The van der Waals surface area contributed by atoms with Crippen LogP contribution >= 0.6 is 11.3 Å². The molecule has 0 aliphatic carbocycles. The molecule has 0 atom stereocenters. The molecule has 0 aromatic carbocycles. The van der Waals surface area contributed by atoms with Crippen LogP contribution in [0.2, 0.25) is 0 Å². The van der Waals surface area contributed by atoms with Crippen molar-refractivity contribution in [3.63, 3.8) is 0 Å². The first-order valence-corrected chi connectivity index (χ1v) is 7.28. The smallest absolute Gasteiger partial charge is 0.405 e. The van der Waals surface area contributed by atoms with Gasteiger partial charge in [0.05, 0.1) is 16.7 Å². The minimum absolute atomic E-state index is 0.115. The Labute approximate surface area is 125 Å². The maximum absolute atomic E-state index is 12.5. The summed E-state index contributed by atoms with van der Waals surface area (Å²) in [5.41, 5.74) is 6.00. The van der Waals surface area contributed by atoms with Crippen LogP contribution in [-0.4, -0.2) is 31.7 Å². The number of thiophene rings is 1. The first kappa shape index (κ1) is 17.6. The number of halogens is 3. The molecule has 0 amide bonds. The molecule has 1 aromatic heterocycles. The molecule has 0 saturated heterocycles. The fourth-order valence-corrected chi connectivity index (χ4v) is 2.85. The zero-order chi connectivity index (χ0) is 16.4. The van der Waals surface area contributed by atoms with Crippen molar-refractivity contribution in [1.29, 1.82) is 0 Å². The van der Waals surface area contributed by atoms with Crippen molar-refractivity contribution in [2.24, 2.45) is 0 Å². The molecule has 0 unspecified atom stereocenters. The van der Waals surface area contributed by atoms with E-state index in [0.717, 1.165) is 16.2 Å². The summed E-state index contributed by atoms with van der Waals surface area (Å²) in [5, 5.41) is 0.218. The number of nitrogens with zero attached hydrogens (tertiary/aromatic N) is 1. The summed E-state index contributed by atoms with van der Waals surface area (Å²) >= 11 is 0.936. The Hall–Kier alpha value is -1.44. The molecule has 2 N–H and O–H groups in total. The van der Waals surface area contributed by atoms with Gasteiger partial charge in [-0.25, -0.2) is 0 Å². The second kappa shape index (κ2) is 6.55. The minimum Gasteiger partial charge on any atom is -0.486 e. The minimum atomic E-state index is -4.35. The average molecular weight is 324 g/mol. The predicted molar refractivity (Wildman–Crippen MR) is 78.4 cm³/mol. The van der Waals surface area contributed by atoms with Gasteiger partial charge in [0, 0.05) is 13.5 Å². The third kappa shape index (κ3) is 4.52. The number of hydrogen-bond donors (Lipinski definition) is 1. The average Bonchev–Trinajstić information content (AvgIpc) is 2.64. The maximum atomic E-state index is 12.5. The number of carbonyl (C=O) groups excluding carboxylic acids is 1. The van der Waals surface area contributed by atoms with Gasteiger partial charge < -0.3 is 15.4 Å². The highest BCUT2D eigenvalue weighted by atomic mass is 32.1. The van der Waals surface area contributed by atoms with Crippen LogP contribution in [0.15, 0.2) is 0 Å². The summed E-state index contributed by atoms with van der Waals surface area (Å²) in [6.07, 6.45) is -4.38. The third-order valence-corrected chi connectivity index (χ3v) is 3.92. The van der Waals surface area contributed by atoms with Gasteiger partial charge >= 0.3 is 6.18 Å². The van der Waals surface area contributed by atoms with E-state index < -0.39 is 12.7 Å². The summed E-state index contributed by atoms with van der Waals surface area (Å²) in [6, 6.07) is 0. The summed E-state index contributed by atoms with van der Waals surface area (Å²) < 4.78 is 43.1. The number of carbonyl (C=O) groups is 1. The van der Waals surface area contributed by atoms with Crippen LogP contribution in [0.5, 0.6) is 5.75 Å². The van der Waals surface area contributed by atoms with Gasteiger partial charge in [-0.15, -0.1) is 11.3 Å². The van der Waals surface area contributed by atoms with Gasteiger partial charge in [-0.05, 0) is 13.8 Å².